The van der Waals surface area contributed by atoms with Crippen molar-refractivity contribution in [3.05, 3.63) is 11.1 Å². The van der Waals surface area contributed by atoms with E-state index in [1.54, 1.807) is 0 Å². The van der Waals surface area contributed by atoms with Gasteiger partial charge < -0.3 is 25.2 Å². The highest BCUT2D eigenvalue weighted by atomic mass is 79.9. The van der Waals surface area contributed by atoms with Gasteiger partial charge in [-0.1, -0.05) is 15.9 Å². The minimum atomic E-state index is -1.70. The molecule has 0 bridgehead atoms. The highest BCUT2D eigenvalue weighted by Crippen LogP contribution is 2.05. The Morgan fingerprint density at radius 3 is 1.85 bits per heavy atom. The average Bonchev–Trinajstić information content (AvgIpc) is 2.14. The molecule has 0 aliphatic carbocycles. The average molecular weight is 255 g/mol. The van der Waals surface area contributed by atoms with Crippen LogP contribution in [-0.4, -0.2) is 51.1 Å². The first-order chi connectivity index (χ1) is 6.04. The predicted octanol–water partition coefficient (Wildman–Crippen LogP) is -1.46. The van der Waals surface area contributed by atoms with Crippen molar-refractivity contribution in [2.24, 2.45) is 0 Å². The maximum atomic E-state index is 10.0. The summed E-state index contributed by atoms with van der Waals surface area (Å²) in [6, 6.07) is 0. The Bertz CT molecular complexity index is 184. The Morgan fingerprint density at radius 2 is 1.46 bits per heavy atom. The van der Waals surface area contributed by atoms with Crippen LogP contribution in [0.4, 0.5) is 0 Å². The van der Waals surface area contributed by atoms with E-state index in [0.29, 0.717) is 0 Å². The van der Waals surface area contributed by atoms with Crippen molar-refractivity contribution in [3.8, 4) is 0 Å². The van der Waals surface area contributed by atoms with Gasteiger partial charge >= 0.3 is 0 Å². The lowest BCUT2D eigenvalue weighted by Crippen LogP contribution is -2.44. The lowest BCUT2D eigenvalue weighted by molar-refractivity contribution is -0.130. The molecule has 0 heterocycles. The molecule has 76 valence electrons. The van der Waals surface area contributed by atoms with Crippen LogP contribution >= 0.6 is 15.9 Å². The first-order valence-corrected chi connectivity index (χ1v) is 4.40. The van der Waals surface area contributed by atoms with Crippen molar-refractivity contribution in [2.45, 2.75) is 24.4 Å². The molecule has 4 atom stereocenters. The largest absolute Gasteiger partial charge is 0.387 e. The Morgan fingerprint density at radius 1 is 1.00 bits per heavy atom. The van der Waals surface area contributed by atoms with Crippen LogP contribution in [0.5, 0.6) is 0 Å². The van der Waals surface area contributed by atoms with Crippen LogP contribution < -0.4 is 0 Å². The van der Waals surface area contributed by atoms with E-state index in [0.717, 1.165) is 6.08 Å². The predicted molar refractivity (Wildman–Crippen MR) is 48.2 cm³/mol. The van der Waals surface area contributed by atoms with Gasteiger partial charge in [-0.2, -0.15) is 0 Å². The Kier molecular flexibility index (Phi) is 6.10. The van der Waals surface area contributed by atoms with Crippen molar-refractivity contribution in [1.82, 2.24) is 0 Å². The molecule has 0 saturated carbocycles. The zero-order valence-corrected chi connectivity index (χ0v) is 8.20. The van der Waals surface area contributed by atoms with Gasteiger partial charge in [-0.05, 0) is 11.1 Å². The zero-order valence-electron chi connectivity index (χ0n) is 6.62. The lowest BCUT2D eigenvalue weighted by Gasteiger charge is -2.21. The number of carbonyl (C=O) groups is 1. The second-order valence-electron chi connectivity index (χ2n) is 2.42. The van der Waals surface area contributed by atoms with E-state index < -0.39 is 24.4 Å². The van der Waals surface area contributed by atoms with Crippen molar-refractivity contribution >= 4 is 22.2 Å². The van der Waals surface area contributed by atoms with Crippen LogP contribution in [0.15, 0.2) is 11.1 Å². The molecule has 5 nitrogen and oxygen atoms in total. The lowest BCUT2D eigenvalue weighted by atomic mass is 10.0. The van der Waals surface area contributed by atoms with Gasteiger partial charge in [0.15, 0.2) is 6.29 Å². The van der Waals surface area contributed by atoms with Crippen molar-refractivity contribution in [1.29, 1.82) is 0 Å². The van der Waals surface area contributed by atoms with Crippen LogP contribution in [0.3, 0.4) is 0 Å². The van der Waals surface area contributed by atoms with E-state index in [-0.39, 0.29) is 6.29 Å². The molecule has 0 radical (unpaired) electrons. The van der Waals surface area contributed by atoms with Crippen molar-refractivity contribution < 1.29 is 25.2 Å². The van der Waals surface area contributed by atoms with Gasteiger partial charge in [0.25, 0.3) is 0 Å². The zero-order chi connectivity index (χ0) is 10.4. The molecule has 4 N–H and O–H groups in total. The number of halogens is 1. The first-order valence-electron chi connectivity index (χ1n) is 3.49. The van der Waals surface area contributed by atoms with Crippen LogP contribution in [0.1, 0.15) is 0 Å². The summed E-state index contributed by atoms with van der Waals surface area (Å²) in [6.07, 6.45) is -5.10. The molecule has 0 spiro atoms. The smallest absolute Gasteiger partial charge is 0.151 e. The fourth-order valence-corrected chi connectivity index (χ4v) is 0.986. The third kappa shape index (κ3) is 3.97. The Labute approximate surface area is 83.4 Å². The van der Waals surface area contributed by atoms with E-state index in [2.05, 4.69) is 15.9 Å². The molecule has 0 saturated heterocycles. The third-order valence-electron chi connectivity index (χ3n) is 1.46. The summed E-state index contributed by atoms with van der Waals surface area (Å²) in [4.78, 5) is 11.3. The molecule has 0 aromatic heterocycles. The second-order valence-corrected chi connectivity index (χ2v) is 2.95. The molecule has 6 heteroatoms. The number of hydrogen-bond acceptors (Lipinski definition) is 5. The normalized spacial score (nSPS) is 21.0. The number of hydrogen-bond donors (Lipinski definition) is 4. The summed E-state index contributed by atoms with van der Waals surface area (Å²) in [6.45, 7) is 0. The molecule has 0 rings (SSSR count). The fraction of sp³-hybridized carbons (Fsp3) is 0.571. The van der Waals surface area contributed by atoms with Crippen LogP contribution in [0.2, 0.25) is 0 Å². The number of rotatable bonds is 5. The van der Waals surface area contributed by atoms with Gasteiger partial charge in [0.2, 0.25) is 0 Å². The topological polar surface area (TPSA) is 98.0 Å². The third-order valence-corrected chi connectivity index (χ3v) is 1.76. The minimum absolute atomic E-state index is 0.0818. The maximum Gasteiger partial charge on any atom is 0.151 e. The van der Waals surface area contributed by atoms with Gasteiger partial charge in [0.05, 0.1) is 0 Å². The molecule has 0 aliphatic heterocycles. The number of carbonyl (C=O) groups excluding carboxylic acids is 1. The van der Waals surface area contributed by atoms with E-state index in [1.165, 1.54) is 4.99 Å². The maximum absolute atomic E-state index is 10.0. The molecule has 0 aromatic rings. The van der Waals surface area contributed by atoms with E-state index in [1.807, 2.05) is 0 Å². The Balaban J connectivity index is 4.23. The monoisotopic (exact) mass is 254 g/mol. The second kappa shape index (κ2) is 6.22. The van der Waals surface area contributed by atoms with Gasteiger partial charge in [-0.15, -0.1) is 0 Å². The summed E-state index contributed by atoms with van der Waals surface area (Å²) in [5, 5.41) is 36.0. The molecule has 0 aliphatic rings. The number of aldehydes is 1. The molecule has 0 aromatic carbocycles. The highest BCUT2D eigenvalue weighted by molar-refractivity contribution is 9.11. The molecule has 0 fully saturated rings. The van der Waals surface area contributed by atoms with Crippen molar-refractivity contribution in [3.63, 3.8) is 0 Å². The first kappa shape index (κ1) is 12.7. The molecule has 13 heavy (non-hydrogen) atoms. The van der Waals surface area contributed by atoms with Gasteiger partial charge in [0, 0.05) is 0 Å². The molecule has 0 amide bonds. The molecular formula is C7H11BrO5. The van der Waals surface area contributed by atoms with Gasteiger partial charge in [0.1, 0.15) is 24.4 Å². The van der Waals surface area contributed by atoms with E-state index in [9.17, 15) is 4.79 Å². The van der Waals surface area contributed by atoms with Gasteiger partial charge in [-0.25, -0.2) is 0 Å². The standard InChI is InChI=1S/C7H11BrO5/c8-2-1-4(10)6(12)7(13)5(11)3-9/h1-7,10-13H/b2-1+. The number of aliphatic hydroxyl groups is 4. The number of aliphatic hydroxyl groups excluding tert-OH is 4. The molecular weight excluding hydrogens is 244 g/mol. The summed E-state index contributed by atoms with van der Waals surface area (Å²) in [7, 11) is 0. The van der Waals surface area contributed by atoms with Crippen LogP contribution in [0.25, 0.3) is 0 Å². The Hall–Kier alpha value is -0.270. The van der Waals surface area contributed by atoms with Crippen LogP contribution in [0, 0.1) is 0 Å². The van der Waals surface area contributed by atoms with E-state index >= 15 is 0 Å². The minimum Gasteiger partial charge on any atom is -0.387 e. The SMILES string of the molecule is O=CC(O)C(O)C(O)C(O)/C=C/Br. The van der Waals surface area contributed by atoms with Crippen molar-refractivity contribution in [2.75, 3.05) is 0 Å². The summed E-state index contributed by atoms with van der Waals surface area (Å²) in [5.74, 6) is 0. The summed E-state index contributed by atoms with van der Waals surface area (Å²) in [5.41, 5.74) is 0. The quantitative estimate of drug-likeness (QED) is 0.450. The van der Waals surface area contributed by atoms with E-state index in [4.69, 9.17) is 20.4 Å². The van der Waals surface area contributed by atoms with Gasteiger partial charge in [-0.3, -0.25) is 0 Å². The molecule has 4 unspecified atom stereocenters. The van der Waals surface area contributed by atoms with Crippen LogP contribution in [-0.2, 0) is 4.79 Å². The fourth-order valence-electron chi connectivity index (χ4n) is 0.673. The summed E-state index contributed by atoms with van der Waals surface area (Å²) < 4.78 is 0. The summed E-state index contributed by atoms with van der Waals surface area (Å²) >= 11 is 2.86. The highest BCUT2D eigenvalue weighted by Gasteiger charge is 2.28.